The molecule has 5 heteroatoms. The Hall–Kier alpha value is -1.10. The highest BCUT2D eigenvalue weighted by atomic mass is 32.2. The second kappa shape index (κ2) is 5.69. The van der Waals surface area contributed by atoms with Crippen LogP contribution in [0, 0.1) is 11.6 Å². The van der Waals surface area contributed by atoms with E-state index in [4.69, 9.17) is 0 Å². The number of hydrogen-bond donors (Lipinski definition) is 0. The van der Waals surface area contributed by atoms with Crippen molar-refractivity contribution in [1.29, 1.82) is 0 Å². The summed E-state index contributed by atoms with van der Waals surface area (Å²) < 4.78 is 27.6. The molecule has 1 aromatic rings. The smallest absolute Gasteiger partial charge is 0.134 e. The van der Waals surface area contributed by atoms with Crippen LogP contribution in [0.4, 0.5) is 14.5 Å². The van der Waals surface area contributed by atoms with Gasteiger partial charge < -0.3 is 4.90 Å². The Morgan fingerprint density at radius 3 is 2.33 bits per heavy atom. The zero-order valence-electron chi connectivity index (χ0n) is 10.2. The molecule has 0 spiro atoms. The number of Topliss-reactive ketones (excluding diaryl/α,β-unsaturated/α-hetero) is 1. The van der Waals surface area contributed by atoms with Gasteiger partial charge in [0, 0.05) is 42.3 Å². The van der Waals surface area contributed by atoms with Crippen LogP contribution in [0.25, 0.3) is 0 Å². The molecule has 18 heavy (non-hydrogen) atoms. The molecule has 1 fully saturated rings. The number of hydrogen-bond acceptors (Lipinski definition) is 3. The number of anilines is 1. The highest BCUT2D eigenvalue weighted by Crippen LogP contribution is 2.25. The molecule has 0 unspecified atom stereocenters. The summed E-state index contributed by atoms with van der Waals surface area (Å²) in [7, 11) is 0. The van der Waals surface area contributed by atoms with Gasteiger partial charge in [-0.25, -0.2) is 8.78 Å². The van der Waals surface area contributed by atoms with Crippen molar-refractivity contribution in [2.24, 2.45) is 0 Å². The lowest BCUT2D eigenvalue weighted by Crippen LogP contribution is -2.32. The van der Waals surface area contributed by atoms with Crippen molar-refractivity contribution in [2.45, 2.75) is 13.3 Å². The van der Waals surface area contributed by atoms with Crippen LogP contribution in [0.1, 0.15) is 12.5 Å². The minimum atomic E-state index is -0.626. The summed E-state index contributed by atoms with van der Waals surface area (Å²) >= 11 is 1.84. The van der Waals surface area contributed by atoms with E-state index in [9.17, 15) is 13.6 Å². The lowest BCUT2D eigenvalue weighted by Gasteiger charge is -2.28. The molecule has 2 nitrogen and oxygen atoms in total. The van der Waals surface area contributed by atoms with Gasteiger partial charge in [0.2, 0.25) is 0 Å². The number of halogens is 2. The Morgan fingerprint density at radius 2 is 1.83 bits per heavy atom. The van der Waals surface area contributed by atoms with Gasteiger partial charge in [0.15, 0.2) is 0 Å². The first-order chi connectivity index (χ1) is 8.58. The summed E-state index contributed by atoms with van der Waals surface area (Å²) in [6.07, 6.45) is -0.187. The van der Waals surface area contributed by atoms with Gasteiger partial charge in [-0.3, -0.25) is 4.79 Å². The van der Waals surface area contributed by atoms with Crippen molar-refractivity contribution in [3.8, 4) is 0 Å². The Balaban J connectivity index is 2.26. The maximum atomic E-state index is 13.8. The predicted molar refractivity (Wildman–Crippen MR) is 70.3 cm³/mol. The van der Waals surface area contributed by atoms with Crippen LogP contribution in [-0.4, -0.2) is 30.4 Å². The number of ketones is 1. The minimum Gasteiger partial charge on any atom is -0.370 e. The fourth-order valence-corrected chi connectivity index (χ4v) is 2.91. The van der Waals surface area contributed by atoms with Crippen LogP contribution >= 0.6 is 11.8 Å². The fraction of sp³-hybridized carbons (Fsp3) is 0.462. The van der Waals surface area contributed by atoms with Gasteiger partial charge in [0.05, 0.1) is 0 Å². The average Bonchev–Trinajstić information content (AvgIpc) is 2.34. The maximum Gasteiger partial charge on any atom is 0.134 e. The van der Waals surface area contributed by atoms with Gasteiger partial charge in [0.25, 0.3) is 0 Å². The van der Waals surface area contributed by atoms with E-state index < -0.39 is 11.6 Å². The fourth-order valence-electron chi connectivity index (χ4n) is 2.01. The third-order valence-electron chi connectivity index (χ3n) is 2.93. The van der Waals surface area contributed by atoms with Crippen molar-refractivity contribution in [1.82, 2.24) is 0 Å². The van der Waals surface area contributed by atoms with E-state index >= 15 is 0 Å². The Kier molecular flexibility index (Phi) is 4.22. The minimum absolute atomic E-state index is 0.127. The van der Waals surface area contributed by atoms with E-state index in [-0.39, 0.29) is 17.8 Å². The van der Waals surface area contributed by atoms with Crippen molar-refractivity contribution in [3.05, 3.63) is 29.3 Å². The molecule has 2 rings (SSSR count). The number of nitrogens with zero attached hydrogens (tertiary/aromatic N) is 1. The zero-order chi connectivity index (χ0) is 13.1. The summed E-state index contributed by atoms with van der Waals surface area (Å²) in [5.41, 5.74) is 0.440. The third-order valence-corrected chi connectivity index (χ3v) is 3.87. The molecular weight excluding hydrogens is 256 g/mol. The summed E-state index contributed by atoms with van der Waals surface area (Å²) in [5.74, 6) is 0.448. The average molecular weight is 271 g/mol. The van der Waals surface area contributed by atoms with Crippen LogP contribution < -0.4 is 4.90 Å². The molecule has 98 valence electrons. The van der Waals surface area contributed by atoms with E-state index in [1.165, 1.54) is 19.1 Å². The molecular formula is C13H15F2NOS. The quantitative estimate of drug-likeness (QED) is 0.843. The molecule has 0 atom stereocenters. The maximum absolute atomic E-state index is 13.8. The summed E-state index contributed by atoms with van der Waals surface area (Å²) in [6.45, 7) is 2.93. The highest BCUT2D eigenvalue weighted by Gasteiger charge is 2.17. The molecule has 0 radical (unpaired) electrons. The molecule has 0 bridgehead atoms. The number of carbonyl (C=O) groups excluding carboxylic acids is 1. The van der Waals surface area contributed by atoms with E-state index in [1.807, 2.05) is 16.7 Å². The number of thioether (sulfide) groups is 1. The normalized spacial score (nSPS) is 15.8. The second-order valence-corrected chi connectivity index (χ2v) is 5.59. The predicted octanol–water partition coefficient (Wildman–Crippen LogP) is 2.65. The van der Waals surface area contributed by atoms with Crippen LogP contribution in [0.3, 0.4) is 0 Å². The number of benzene rings is 1. The van der Waals surface area contributed by atoms with E-state index in [0.29, 0.717) is 5.69 Å². The second-order valence-electron chi connectivity index (χ2n) is 4.37. The molecule has 0 aliphatic carbocycles. The monoisotopic (exact) mass is 271 g/mol. The Labute approximate surface area is 109 Å². The Bertz CT molecular complexity index is 435. The van der Waals surface area contributed by atoms with Crippen molar-refractivity contribution in [2.75, 3.05) is 29.5 Å². The largest absolute Gasteiger partial charge is 0.370 e. The van der Waals surface area contributed by atoms with Gasteiger partial charge in [0.1, 0.15) is 17.4 Å². The first kappa shape index (κ1) is 13.3. The van der Waals surface area contributed by atoms with E-state index in [1.54, 1.807) is 0 Å². The van der Waals surface area contributed by atoms with Gasteiger partial charge in [-0.05, 0) is 19.1 Å². The lowest BCUT2D eigenvalue weighted by atomic mass is 10.1. The lowest BCUT2D eigenvalue weighted by molar-refractivity contribution is -0.116. The molecule has 0 saturated carbocycles. The van der Waals surface area contributed by atoms with Crippen molar-refractivity contribution < 1.29 is 13.6 Å². The molecule has 0 N–H and O–H groups in total. The van der Waals surface area contributed by atoms with Crippen LogP contribution in [0.2, 0.25) is 0 Å². The van der Waals surface area contributed by atoms with Gasteiger partial charge >= 0.3 is 0 Å². The van der Waals surface area contributed by atoms with E-state index in [0.717, 1.165) is 24.6 Å². The summed E-state index contributed by atoms with van der Waals surface area (Å²) in [6, 6.07) is 2.66. The van der Waals surface area contributed by atoms with Gasteiger partial charge in [-0.1, -0.05) is 0 Å². The van der Waals surface area contributed by atoms with Gasteiger partial charge in [-0.15, -0.1) is 0 Å². The first-order valence-corrected chi connectivity index (χ1v) is 7.03. The molecule has 1 aliphatic heterocycles. The Morgan fingerprint density at radius 1 is 1.28 bits per heavy atom. The van der Waals surface area contributed by atoms with Gasteiger partial charge in [-0.2, -0.15) is 11.8 Å². The SMILES string of the molecule is CC(=O)Cc1c(F)cc(N2CCSCC2)cc1F. The van der Waals surface area contributed by atoms with Crippen molar-refractivity contribution in [3.63, 3.8) is 0 Å². The molecule has 1 heterocycles. The van der Waals surface area contributed by atoms with Crippen LogP contribution in [-0.2, 0) is 11.2 Å². The third kappa shape index (κ3) is 3.02. The van der Waals surface area contributed by atoms with E-state index in [2.05, 4.69) is 0 Å². The topological polar surface area (TPSA) is 20.3 Å². The standard InChI is InChI=1S/C13H15F2NOS/c1-9(17)6-11-12(14)7-10(8-13(11)15)16-2-4-18-5-3-16/h7-8H,2-6H2,1H3. The highest BCUT2D eigenvalue weighted by molar-refractivity contribution is 7.99. The number of rotatable bonds is 3. The molecule has 1 saturated heterocycles. The summed E-state index contributed by atoms with van der Waals surface area (Å²) in [4.78, 5) is 12.9. The zero-order valence-corrected chi connectivity index (χ0v) is 11.0. The molecule has 0 amide bonds. The molecule has 1 aromatic carbocycles. The number of carbonyl (C=O) groups is 1. The molecule has 0 aromatic heterocycles. The van der Waals surface area contributed by atoms with Crippen LogP contribution in [0.15, 0.2) is 12.1 Å². The first-order valence-electron chi connectivity index (χ1n) is 5.88. The van der Waals surface area contributed by atoms with Crippen LogP contribution in [0.5, 0.6) is 0 Å². The molecule has 1 aliphatic rings. The van der Waals surface area contributed by atoms with Crippen molar-refractivity contribution >= 4 is 23.2 Å². The summed E-state index contributed by atoms with van der Waals surface area (Å²) in [5, 5.41) is 0.